The Morgan fingerprint density at radius 2 is 1.93 bits per heavy atom. The Labute approximate surface area is 184 Å². The summed E-state index contributed by atoms with van der Waals surface area (Å²) < 4.78 is 5.55. The van der Waals surface area contributed by atoms with Crippen molar-refractivity contribution in [3.8, 4) is 0 Å². The van der Waals surface area contributed by atoms with Gasteiger partial charge in [0, 0.05) is 22.6 Å². The first-order chi connectivity index (χ1) is 14.4. The summed E-state index contributed by atoms with van der Waals surface area (Å²) >= 11 is 3.03. The molecule has 30 heavy (non-hydrogen) atoms. The predicted molar refractivity (Wildman–Crippen MR) is 121 cm³/mol. The number of nitrogens with zero attached hydrogens (tertiary/aromatic N) is 2. The fourth-order valence-electron chi connectivity index (χ4n) is 3.81. The summed E-state index contributed by atoms with van der Waals surface area (Å²) in [5.74, 6) is -0.397. The summed E-state index contributed by atoms with van der Waals surface area (Å²) in [5.41, 5.74) is 5.47. The molecule has 2 aromatic heterocycles. The fraction of sp³-hybridized carbons (Fsp3) is 0.348. The van der Waals surface area contributed by atoms with Crippen molar-refractivity contribution in [2.24, 2.45) is 0 Å². The molecule has 0 atom stereocenters. The fourth-order valence-corrected chi connectivity index (χ4v) is 5.79. The lowest BCUT2D eigenvalue weighted by Gasteiger charge is -2.20. The Kier molecular flexibility index (Phi) is 6.01. The van der Waals surface area contributed by atoms with Gasteiger partial charge in [0.1, 0.15) is 6.61 Å². The smallest absolute Gasteiger partial charge is 0.339 e. The second-order valence-corrected chi connectivity index (χ2v) is 9.40. The van der Waals surface area contributed by atoms with Crippen LogP contribution in [0.3, 0.4) is 0 Å². The third-order valence-corrected chi connectivity index (χ3v) is 7.23. The number of thiophene rings is 1. The Hall–Kier alpha value is -2.51. The Morgan fingerprint density at radius 3 is 2.70 bits per heavy atom. The van der Waals surface area contributed by atoms with Gasteiger partial charge in [-0.15, -0.1) is 22.7 Å². The molecule has 0 aliphatic heterocycles. The van der Waals surface area contributed by atoms with Gasteiger partial charge in [0.15, 0.2) is 5.13 Å². The third-order valence-electron chi connectivity index (χ3n) is 5.27. The number of hydrogen-bond acceptors (Lipinski definition) is 6. The molecule has 156 valence electrons. The van der Waals surface area contributed by atoms with Crippen LogP contribution >= 0.6 is 22.7 Å². The normalized spacial score (nSPS) is 13.0. The van der Waals surface area contributed by atoms with Crippen LogP contribution in [0.4, 0.5) is 10.8 Å². The second-order valence-electron chi connectivity index (χ2n) is 7.60. The van der Waals surface area contributed by atoms with Crippen molar-refractivity contribution in [1.82, 2.24) is 4.98 Å². The van der Waals surface area contributed by atoms with Crippen LogP contribution in [-0.4, -0.2) is 16.9 Å². The van der Waals surface area contributed by atoms with Gasteiger partial charge in [-0.3, -0.25) is 9.69 Å². The quantitative estimate of drug-likeness (QED) is 0.475. The Balaban J connectivity index is 1.48. The lowest BCUT2D eigenvalue weighted by atomic mass is 9.96. The van der Waals surface area contributed by atoms with Crippen LogP contribution in [0.25, 0.3) is 0 Å². The first-order valence-electron chi connectivity index (χ1n) is 10.0. The number of amides is 1. The summed E-state index contributed by atoms with van der Waals surface area (Å²) in [5, 5.41) is 4.33. The molecule has 4 rings (SSSR count). The van der Waals surface area contributed by atoms with E-state index in [2.05, 4.69) is 4.98 Å². The zero-order valence-electron chi connectivity index (χ0n) is 17.4. The molecule has 1 aliphatic rings. The number of carbonyl (C=O) groups excluding carboxylic acids is 2. The minimum absolute atomic E-state index is 0.0958. The largest absolute Gasteiger partial charge is 0.456 e. The standard InChI is InChI=1S/C23H24N2O3S2/c1-14-8-9-20(15(2)10-14)25(16(3)26)23-24-17(12-30-23)11-28-22(27)19-13-29-21-7-5-4-6-18(19)21/h8-10,12-13H,4-7,11H2,1-3H3. The SMILES string of the molecule is CC(=O)N(c1nc(COC(=O)c2csc3c2CCCC3)cs1)c1ccc(C)cc1C. The zero-order chi connectivity index (χ0) is 21.3. The molecule has 0 saturated heterocycles. The molecule has 1 aromatic carbocycles. The van der Waals surface area contributed by atoms with E-state index in [4.69, 9.17) is 4.74 Å². The highest BCUT2D eigenvalue weighted by atomic mass is 32.1. The maximum absolute atomic E-state index is 12.6. The van der Waals surface area contributed by atoms with E-state index in [1.807, 2.05) is 42.8 Å². The van der Waals surface area contributed by atoms with Crippen LogP contribution < -0.4 is 4.90 Å². The van der Waals surface area contributed by atoms with E-state index < -0.39 is 0 Å². The summed E-state index contributed by atoms with van der Waals surface area (Å²) in [7, 11) is 0. The second kappa shape index (κ2) is 8.70. The molecule has 0 unspecified atom stereocenters. The highest BCUT2D eigenvalue weighted by Gasteiger charge is 2.23. The molecular weight excluding hydrogens is 416 g/mol. The van der Waals surface area contributed by atoms with Gasteiger partial charge in [0.2, 0.25) is 5.91 Å². The van der Waals surface area contributed by atoms with Crippen LogP contribution in [-0.2, 0) is 29.0 Å². The molecule has 2 heterocycles. The van der Waals surface area contributed by atoms with E-state index in [0.29, 0.717) is 16.4 Å². The monoisotopic (exact) mass is 440 g/mol. The molecule has 0 bridgehead atoms. The van der Waals surface area contributed by atoms with E-state index in [1.165, 1.54) is 29.6 Å². The number of esters is 1. The molecule has 0 N–H and O–H groups in total. The zero-order valence-corrected chi connectivity index (χ0v) is 19.0. The van der Waals surface area contributed by atoms with Crippen LogP contribution in [0, 0.1) is 13.8 Å². The summed E-state index contributed by atoms with van der Waals surface area (Å²) in [4.78, 5) is 32.4. The van der Waals surface area contributed by atoms with Gasteiger partial charge in [-0.25, -0.2) is 9.78 Å². The van der Waals surface area contributed by atoms with Crippen molar-refractivity contribution < 1.29 is 14.3 Å². The van der Waals surface area contributed by atoms with Gasteiger partial charge in [-0.05, 0) is 56.7 Å². The molecule has 5 nitrogen and oxygen atoms in total. The van der Waals surface area contributed by atoms with Gasteiger partial charge < -0.3 is 4.74 Å². The van der Waals surface area contributed by atoms with Crippen molar-refractivity contribution in [3.05, 3.63) is 61.8 Å². The molecule has 0 radical (unpaired) electrons. The first-order valence-corrected chi connectivity index (χ1v) is 11.8. The van der Waals surface area contributed by atoms with Crippen molar-refractivity contribution in [3.63, 3.8) is 0 Å². The number of hydrogen-bond donors (Lipinski definition) is 0. The predicted octanol–water partition coefficient (Wildman–Crippen LogP) is 5.74. The van der Waals surface area contributed by atoms with Crippen LogP contribution in [0.5, 0.6) is 0 Å². The maximum Gasteiger partial charge on any atom is 0.339 e. The number of thiazole rings is 1. The molecule has 0 spiro atoms. The number of ether oxygens (including phenoxy) is 1. The molecule has 3 aromatic rings. The van der Waals surface area contributed by atoms with E-state index in [-0.39, 0.29) is 18.5 Å². The van der Waals surface area contributed by atoms with E-state index in [9.17, 15) is 9.59 Å². The number of aromatic nitrogens is 1. The average molecular weight is 441 g/mol. The summed E-state index contributed by atoms with van der Waals surface area (Å²) in [6.45, 7) is 5.63. The molecule has 0 saturated carbocycles. The molecular formula is C23H24N2O3S2. The van der Waals surface area contributed by atoms with E-state index in [0.717, 1.165) is 41.6 Å². The molecule has 0 fully saturated rings. The summed E-state index contributed by atoms with van der Waals surface area (Å²) in [6.07, 6.45) is 4.32. The highest BCUT2D eigenvalue weighted by molar-refractivity contribution is 7.14. The third kappa shape index (κ3) is 4.18. The van der Waals surface area contributed by atoms with E-state index in [1.54, 1.807) is 16.2 Å². The topological polar surface area (TPSA) is 59.5 Å². The molecule has 7 heteroatoms. The lowest BCUT2D eigenvalue weighted by Crippen LogP contribution is -2.23. The van der Waals surface area contributed by atoms with Crippen molar-refractivity contribution in [2.75, 3.05) is 4.90 Å². The van der Waals surface area contributed by atoms with Crippen molar-refractivity contribution in [1.29, 1.82) is 0 Å². The average Bonchev–Trinajstić information content (AvgIpc) is 3.35. The number of rotatable bonds is 5. The van der Waals surface area contributed by atoms with Crippen LogP contribution in [0.2, 0.25) is 0 Å². The molecule has 1 aliphatic carbocycles. The summed E-state index contributed by atoms with van der Waals surface area (Å²) in [6, 6.07) is 5.96. The maximum atomic E-state index is 12.6. The van der Waals surface area contributed by atoms with Gasteiger partial charge in [-0.1, -0.05) is 17.7 Å². The Bertz CT molecular complexity index is 1100. The highest BCUT2D eigenvalue weighted by Crippen LogP contribution is 2.33. The first kappa shape index (κ1) is 20.8. The minimum Gasteiger partial charge on any atom is -0.456 e. The van der Waals surface area contributed by atoms with Gasteiger partial charge in [0.25, 0.3) is 0 Å². The van der Waals surface area contributed by atoms with Crippen LogP contribution in [0.1, 0.15) is 57.4 Å². The number of carbonyl (C=O) groups is 2. The minimum atomic E-state index is -0.290. The lowest BCUT2D eigenvalue weighted by molar-refractivity contribution is -0.115. The van der Waals surface area contributed by atoms with Gasteiger partial charge >= 0.3 is 5.97 Å². The Morgan fingerprint density at radius 1 is 1.13 bits per heavy atom. The number of aryl methyl sites for hydroxylation is 3. The number of benzene rings is 1. The number of fused-ring (bicyclic) bond motifs is 1. The van der Waals surface area contributed by atoms with Crippen molar-refractivity contribution >= 4 is 45.4 Å². The molecule has 1 amide bonds. The van der Waals surface area contributed by atoms with Crippen LogP contribution in [0.15, 0.2) is 29.0 Å². The van der Waals surface area contributed by atoms with E-state index >= 15 is 0 Å². The number of anilines is 2. The van der Waals surface area contributed by atoms with Gasteiger partial charge in [0.05, 0.1) is 16.9 Å². The van der Waals surface area contributed by atoms with Gasteiger partial charge in [-0.2, -0.15) is 0 Å². The van der Waals surface area contributed by atoms with Crippen molar-refractivity contribution in [2.45, 2.75) is 53.1 Å².